The first kappa shape index (κ1) is 80.8. The number of hydroxylamine groups is 2. The van der Waals surface area contributed by atoms with E-state index in [2.05, 4.69) is 42.5 Å². The van der Waals surface area contributed by atoms with Gasteiger partial charge in [0.1, 0.15) is 96.1 Å². The maximum absolute atomic E-state index is 16.0. The summed E-state index contributed by atoms with van der Waals surface area (Å²) >= 11 is 14.1. The monoisotopic (exact) mass is 1570 g/mol. The first-order valence-corrected chi connectivity index (χ1v) is 35.6. The number of halogens is 2. The van der Waals surface area contributed by atoms with Gasteiger partial charge < -0.3 is 113 Å². The Kier molecular flexibility index (Phi) is 25.3. The van der Waals surface area contributed by atoms with Crippen LogP contribution in [0.4, 0.5) is 0 Å². The third kappa shape index (κ3) is 18.2. The highest BCUT2D eigenvalue weighted by Gasteiger charge is 2.48. The van der Waals surface area contributed by atoms with Crippen LogP contribution in [-0.2, 0) is 59.1 Å². The number of carbonyl (C=O) groups is 9. The summed E-state index contributed by atoms with van der Waals surface area (Å²) in [5, 5.41) is 124. The molecular weight excluding hydrogens is 1490 g/mol. The maximum atomic E-state index is 16.0. The van der Waals surface area contributed by atoms with Gasteiger partial charge in [-0.25, -0.2) is 4.79 Å². The molecule has 1 fully saturated rings. The minimum Gasteiger partial charge on any atom is -0.508 e. The predicted octanol–water partition coefficient (Wildman–Crippen LogP) is 2.77. The van der Waals surface area contributed by atoms with Crippen LogP contribution in [0, 0.1) is 5.92 Å². The van der Waals surface area contributed by atoms with Crippen molar-refractivity contribution in [1.82, 2.24) is 47.6 Å². The second-order valence-corrected chi connectivity index (χ2v) is 27.9. The Morgan fingerprint density at radius 3 is 1.86 bits per heavy atom. The van der Waals surface area contributed by atoms with Gasteiger partial charge in [0.15, 0.2) is 23.8 Å². The fourth-order valence-corrected chi connectivity index (χ4v) is 13.9. The number of aliphatic hydroxyl groups is 5. The largest absolute Gasteiger partial charge is 0.508 e. The van der Waals surface area contributed by atoms with Gasteiger partial charge in [0.25, 0.3) is 0 Å². The SMILES string of the molecule is CN[C@H](CC(C)C)C(=O)N[C@H]1C(=O)N[C@@H](CC(N)=O)C(=O)N[C@H]2C(=O)N[C@H]3C(=O)N[C@H](C(=O)N[C@@H](C(=O)O)c4cc(O)cc(O)c4-c4cc3ccc4O)[C@H](O)c3ccc(c(Cl)c3)Oc3cc2cc(c3OCCN(OC)[C@@H]2O[C@H](CO)[C@@H](NC(=O)Cc3ccc(-c4ccccc4)cc3)[C@H](O)[C@H]2O)Oc2ccc(cc2Cl)[C@H]1O. The number of hydrogen-bond acceptors (Lipinski definition) is 24. The van der Waals surface area contributed by atoms with Crippen molar-refractivity contribution in [3.63, 3.8) is 0 Å². The lowest BCUT2D eigenvalue weighted by Gasteiger charge is -2.45. The van der Waals surface area contributed by atoms with Gasteiger partial charge in [0.2, 0.25) is 53.0 Å². The first-order valence-electron chi connectivity index (χ1n) is 34.8. The van der Waals surface area contributed by atoms with Crippen LogP contribution >= 0.6 is 23.2 Å². The minimum atomic E-state index is -2.28. The van der Waals surface area contributed by atoms with E-state index in [-0.39, 0.29) is 57.0 Å². The van der Waals surface area contributed by atoms with E-state index < -0.39 is 221 Å². The molecule has 0 spiro atoms. The smallest absolute Gasteiger partial charge is 0.330 e. The average molecular weight is 1570 g/mol. The van der Waals surface area contributed by atoms with Crippen LogP contribution in [0.15, 0.2) is 133 Å². The van der Waals surface area contributed by atoms with Crippen molar-refractivity contribution in [2.75, 3.05) is 33.9 Å². The molecule has 13 rings (SSSR count). The summed E-state index contributed by atoms with van der Waals surface area (Å²) in [5.41, 5.74) is 5.57. The molecule has 7 aromatic carbocycles. The molecule has 7 aromatic rings. The van der Waals surface area contributed by atoms with Crippen LogP contribution in [0.25, 0.3) is 22.3 Å². The van der Waals surface area contributed by atoms with Gasteiger partial charge in [-0.3, -0.25) is 43.2 Å². The van der Waals surface area contributed by atoms with Crippen molar-refractivity contribution >= 4 is 76.4 Å². The molecule has 6 aliphatic rings. The summed E-state index contributed by atoms with van der Waals surface area (Å²) < 4.78 is 25.9. The van der Waals surface area contributed by atoms with E-state index in [1.54, 1.807) is 12.1 Å². The second kappa shape index (κ2) is 34.8. The van der Waals surface area contributed by atoms with Crippen LogP contribution in [0.3, 0.4) is 0 Å². The number of nitrogens with zero attached hydrogens (tertiary/aromatic N) is 1. The third-order valence-corrected chi connectivity index (χ3v) is 19.6. The molecule has 0 saturated carbocycles. The van der Waals surface area contributed by atoms with Gasteiger partial charge >= 0.3 is 5.97 Å². The topological polar surface area (TPSA) is 507 Å². The van der Waals surface area contributed by atoms with E-state index in [4.69, 9.17) is 52.7 Å². The number of carbonyl (C=O) groups excluding carboxylic acids is 8. The molecular formula is C76H80Cl2N10O23. The van der Waals surface area contributed by atoms with Crippen LogP contribution in [0.2, 0.25) is 10.0 Å². The number of aliphatic hydroxyl groups excluding tert-OH is 5. The number of aromatic hydroxyl groups is 3. The fourth-order valence-electron chi connectivity index (χ4n) is 13.4. The number of amides is 8. The van der Waals surface area contributed by atoms with Gasteiger partial charge in [0.05, 0.1) is 55.2 Å². The summed E-state index contributed by atoms with van der Waals surface area (Å²) in [5.74, 6) is -15.7. The van der Waals surface area contributed by atoms with Crippen LogP contribution in [-0.4, -0.2) is 193 Å². The van der Waals surface area contributed by atoms with Gasteiger partial charge in [-0.2, -0.15) is 5.06 Å². The minimum absolute atomic E-state index is 0.0899. The maximum Gasteiger partial charge on any atom is 0.330 e. The van der Waals surface area contributed by atoms with E-state index in [0.717, 1.165) is 64.7 Å². The van der Waals surface area contributed by atoms with E-state index >= 15 is 14.4 Å². The number of likely N-dealkylation sites (N-methyl/N-ethyl adjacent to an activating group) is 1. The number of carboxylic acid groups (broad SMARTS) is 1. The number of primary amides is 1. The molecule has 19 N–H and O–H groups in total. The number of phenols is 3. The molecule has 14 atom stereocenters. The number of benzene rings is 7. The van der Waals surface area contributed by atoms with E-state index in [0.29, 0.717) is 5.56 Å². The molecule has 33 nitrogen and oxygen atoms in total. The molecule has 8 amide bonds. The second-order valence-electron chi connectivity index (χ2n) is 27.1. The van der Waals surface area contributed by atoms with E-state index in [1.165, 1.54) is 44.5 Å². The lowest BCUT2D eigenvalue weighted by molar-refractivity contribution is -0.314. The highest BCUT2D eigenvalue weighted by molar-refractivity contribution is 6.32. The van der Waals surface area contributed by atoms with Gasteiger partial charge in [-0.15, -0.1) is 0 Å². The van der Waals surface area contributed by atoms with Crippen molar-refractivity contribution in [1.29, 1.82) is 0 Å². The van der Waals surface area contributed by atoms with E-state index in [9.17, 15) is 74.7 Å². The number of phenolic OH excluding ortho intramolecular Hbond substituents is 3. The van der Waals surface area contributed by atoms with Crippen molar-refractivity contribution in [2.45, 2.75) is 118 Å². The number of carboxylic acids is 1. The van der Waals surface area contributed by atoms with Crippen molar-refractivity contribution < 1.29 is 113 Å². The molecule has 11 bridgehead atoms. The quantitative estimate of drug-likeness (QED) is 0.0518. The normalized spacial score (nSPS) is 23.6. The zero-order valence-corrected chi connectivity index (χ0v) is 61.1. The number of ether oxygens (including phenoxy) is 4. The number of nitrogens with one attached hydrogen (secondary N) is 8. The molecule has 6 heterocycles. The fraction of sp³-hybridized carbons (Fsp3) is 0.329. The lowest BCUT2D eigenvalue weighted by Crippen LogP contribution is -2.67. The standard InChI is InChI=1S/C76H80Cl2N10O23/c1-33(2)22-46(80-3)69(99)86-62-64(95)38-15-18-50(44(77)25-38)109-52-27-40-28-53(68(52)108-21-20-88(107-4)75-67(98)66(97)61(54(32-89)111-75)82-56(94)23-34-10-12-36(13-11-34)35-8-6-5-7-9-35)110-51-19-16-39(26-45(51)78)65(96)63-74(104)85-60(76(105)106)43-29-41(90)30-49(92)57(43)42-24-37(14-17-48(42)91)58(71(101)87-63)84-72(102)59(40)83-70(100)47(31-55(79)93)81-73(62)103/h5-19,24-30,33,46-47,54,58-67,75,80,89-92,95-98H,20-23,31-32H2,1-4H3,(H2,79,93)(H,81,103)(H,82,94)(H,83,100)(H,84,102)(H,85,104)(H,86,99)(H,87,101)(H,105,106)/t46-,47+,54-,58-,59-,60-,61-,62-,63+,64-,65-,66+,67-,75-/m1/s1. The lowest BCUT2D eigenvalue weighted by atomic mass is 9.89. The van der Waals surface area contributed by atoms with Crippen LogP contribution < -0.4 is 62.5 Å². The first-order chi connectivity index (χ1) is 52.9. The van der Waals surface area contributed by atoms with Gasteiger partial charge in [-0.05, 0) is 113 Å². The third-order valence-electron chi connectivity index (χ3n) is 19.0. The highest BCUT2D eigenvalue weighted by atomic mass is 35.5. The number of fused-ring (bicyclic) bond motifs is 15. The van der Waals surface area contributed by atoms with Crippen molar-refractivity contribution in [3.05, 3.63) is 177 Å². The van der Waals surface area contributed by atoms with Gasteiger partial charge in [0, 0.05) is 22.8 Å². The predicted molar refractivity (Wildman–Crippen MR) is 393 cm³/mol. The molecule has 0 radical (unpaired) electrons. The summed E-state index contributed by atoms with van der Waals surface area (Å²) in [7, 11) is 2.66. The molecule has 6 aliphatic heterocycles. The Hall–Kier alpha value is -11.2. The Labute approximate surface area is 642 Å². The number of rotatable bonds is 19. The molecule has 0 aliphatic carbocycles. The zero-order chi connectivity index (χ0) is 80.0. The van der Waals surface area contributed by atoms with Crippen LogP contribution in [0.1, 0.15) is 90.4 Å². The Balaban J connectivity index is 1.04. The molecule has 1 saturated heterocycles. The summed E-state index contributed by atoms with van der Waals surface area (Å²) in [6.45, 7) is 1.83. The summed E-state index contributed by atoms with van der Waals surface area (Å²) in [6, 6.07) is 15.4. The molecule has 35 heteroatoms. The number of hydrogen-bond donors (Lipinski definition) is 18. The Morgan fingerprint density at radius 1 is 0.649 bits per heavy atom. The van der Waals surface area contributed by atoms with Gasteiger partial charge in [-0.1, -0.05) is 110 Å². The highest BCUT2D eigenvalue weighted by Crippen LogP contribution is 2.49. The molecule has 111 heavy (non-hydrogen) atoms. The number of nitrogens with two attached hydrogens (primary N) is 1. The molecule has 0 unspecified atom stereocenters. The Morgan fingerprint density at radius 2 is 1.26 bits per heavy atom. The van der Waals surface area contributed by atoms with Crippen LogP contribution in [0.5, 0.6) is 46.0 Å². The molecule has 586 valence electrons. The van der Waals surface area contributed by atoms with Crippen molar-refractivity contribution in [2.24, 2.45) is 11.7 Å². The zero-order valence-electron chi connectivity index (χ0n) is 59.6. The Bertz CT molecular complexity index is 4710. The summed E-state index contributed by atoms with van der Waals surface area (Å²) in [6.07, 6.45) is -11.9. The van der Waals surface area contributed by atoms with Crippen molar-refractivity contribution in [3.8, 4) is 68.2 Å². The molecule has 0 aromatic heterocycles. The summed E-state index contributed by atoms with van der Waals surface area (Å²) in [4.78, 5) is 136. The number of aliphatic carboxylic acids is 1. The van der Waals surface area contributed by atoms with E-state index in [1.807, 2.05) is 56.3 Å². The average Bonchev–Trinajstić information content (AvgIpc) is 0.762.